The van der Waals surface area contributed by atoms with E-state index in [-0.39, 0.29) is 11.5 Å². The Morgan fingerprint density at radius 1 is 1.29 bits per heavy atom. The van der Waals surface area contributed by atoms with Crippen molar-refractivity contribution < 1.29 is 26.7 Å². The largest absolute Gasteiger partial charge is 0.402 e. The van der Waals surface area contributed by atoms with E-state index in [9.17, 15) is 21.6 Å². The third kappa shape index (κ3) is 4.33. The monoisotopic (exact) mass is 269 g/mol. The van der Waals surface area contributed by atoms with E-state index in [0.29, 0.717) is 5.56 Å². The van der Waals surface area contributed by atoms with E-state index in [2.05, 4.69) is 0 Å². The van der Waals surface area contributed by atoms with Crippen molar-refractivity contribution in [2.45, 2.75) is 17.7 Å². The van der Waals surface area contributed by atoms with Crippen LogP contribution >= 0.6 is 0 Å². The van der Waals surface area contributed by atoms with Gasteiger partial charge in [-0.2, -0.15) is 13.2 Å². The summed E-state index contributed by atoms with van der Waals surface area (Å²) in [5.74, 6) is 0. The molecule has 0 heterocycles. The first kappa shape index (κ1) is 13.9. The molecule has 96 valence electrons. The van der Waals surface area contributed by atoms with Crippen LogP contribution in [0.2, 0.25) is 0 Å². The van der Waals surface area contributed by atoms with Crippen LogP contribution in [-0.2, 0) is 16.6 Å². The third-order valence-electron chi connectivity index (χ3n) is 1.85. The van der Waals surface area contributed by atoms with E-state index in [1.54, 1.807) is 0 Å². The normalized spacial score (nSPS) is 12.7. The molecule has 0 spiro atoms. The first-order valence-corrected chi connectivity index (χ1v) is 5.99. The SMILES string of the molecule is O=S(=O)(NCC(F)(F)F)c1cccc(CO)c1. The standard InChI is InChI=1S/C9H10F3NO3S/c10-9(11,12)6-13-17(15,16)8-3-1-2-7(4-8)5-14/h1-4,13-14H,5-6H2. The number of benzene rings is 1. The van der Waals surface area contributed by atoms with E-state index in [0.717, 1.165) is 12.1 Å². The van der Waals surface area contributed by atoms with Gasteiger partial charge in [0.05, 0.1) is 11.5 Å². The molecule has 4 nitrogen and oxygen atoms in total. The van der Waals surface area contributed by atoms with Crippen LogP contribution < -0.4 is 4.72 Å². The van der Waals surface area contributed by atoms with Crippen LogP contribution in [0.5, 0.6) is 0 Å². The molecule has 0 aliphatic carbocycles. The minimum atomic E-state index is -4.61. The topological polar surface area (TPSA) is 66.4 Å². The zero-order valence-corrected chi connectivity index (χ0v) is 9.35. The number of aliphatic hydroxyl groups excluding tert-OH is 1. The van der Waals surface area contributed by atoms with Gasteiger partial charge >= 0.3 is 6.18 Å². The van der Waals surface area contributed by atoms with Crippen LogP contribution in [0.4, 0.5) is 13.2 Å². The third-order valence-corrected chi connectivity index (χ3v) is 3.25. The van der Waals surface area contributed by atoms with Gasteiger partial charge in [-0.3, -0.25) is 0 Å². The van der Waals surface area contributed by atoms with Gasteiger partial charge in [-0.15, -0.1) is 0 Å². The summed E-state index contributed by atoms with van der Waals surface area (Å²) in [5, 5.41) is 8.79. The molecule has 1 aromatic rings. The number of aliphatic hydroxyl groups is 1. The minimum absolute atomic E-state index is 0.305. The molecule has 8 heteroatoms. The minimum Gasteiger partial charge on any atom is -0.392 e. The lowest BCUT2D eigenvalue weighted by atomic mass is 10.2. The van der Waals surface area contributed by atoms with E-state index in [1.807, 2.05) is 0 Å². The Morgan fingerprint density at radius 2 is 1.94 bits per heavy atom. The first-order chi connectivity index (χ1) is 7.74. The highest BCUT2D eigenvalue weighted by Gasteiger charge is 2.30. The summed E-state index contributed by atoms with van der Waals surface area (Å²) < 4.78 is 60.0. The van der Waals surface area contributed by atoms with Crippen molar-refractivity contribution in [2.24, 2.45) is 0 Å². The van der Waals surface area contributed by atoms with Crippen molar-refractivity contribution in [2.75, 3.05) is 6.54 Å². The first-order valence-electron chi connectivity index (χ1n) is 4.51. The highest BCUT2D eigenvalue weighted by molar-refractivity contribution is 7.89. The van der Waals surface area contributed by atoms with Crippen LogP contribution in [0.3, 0.4) is 0 Å². The van der Waals surface area contributed by atoms with Crippen molar-refractivity contribution in [3.8, 4) is 0 Å². The molecule has 17 heavy (non-hydrogen) atoms. The summed E-state index contributed by atoms with van der Waals surface area (Å²) in [4.78, 5) is -0.312. The number of rotatable bonds is 4. The molecule has 0 fully saturated rings. The van der Waals surface area contributed by atoms with E-state index in [4.69, 9.17) is 5.11 Å². The van der Waals surface area contributed by atoms with Gasteiger partial charge in [-0.05, 0) is 17.7 Å². The molecule has 0 aliphatic rings. The fourth-order valence-corrected chi connectivity index (χ4v) is 2.16. The molecule has 2 N–H and O–H groups in total. The van der Waals surface area contributed by atoms with Gasteiger partial charge in [0.25, 0.3) is 0 Å². The maximum Gasteiger partial charge on any atom is 0.402 e. The highest BCUT2D eigenvalue weighted by atomic mass is 32.2. The van der Waals surface area contributed by atoms with Gasteiger partial charge in [0.1, 0.15) is 6.54 Å². The number of nitrogens with one attached hydrogen (secondary N) is 1. The molecule has 0 aliphatic heterocycles. The van der Waals surface area contributed by atoms with E-state index >= 15 is 0 Å². The molecule has 0 amide bonds. The molecular weight excluding hydrogens is 259 g/mol. The molecule has 1 aromatic carbocycles. The lowest BCUT2D eigenvalue weighted by Crippen LogP contribution is -2.33. The van der Waals surface area contributed by atoms with Crippen molar-refractivity contribution in [1.82, 2.24) is 4.72 Å². The molecule has 0 atom stereocenters. The Hall–Kier alpha value is -1.12. The van der Waals surface area contributed by atoms with Crippen LogP contribution in [0.25, 0.3) is 0 Å². The predicted molar refractivity (Wildman–Crippen MR) is 53.6 cm³/mol. The van der Waals surface area contributed by atoms with Crippen molar-refractivity contribution in [1.29, 1.82) is 0 Å². The Bertz CT molecular complexity index is 485. The van der Waals surface area contributed by atoms with E-state index in [1.165, 1.54) is 16.9 Å². The zero-order chi connectivity index (χ0) is 13.1. The second-order valence-electron chi connectivity index (χ2n) is 3.25. The van der Waals surface area contributed by atoms with Gasteiger partial charge in [0, 0.05) is 0 Å². The van der Waals surface area contributed by atoms with Crippen LogP contribution in [-0.4, -0.2) is 26.2 Å². The smallest absolute Gasteiger partial charge is 0.392 e. The second kappa shape index (κ2) is 5.03. The lowest BCUT2D eigenvalue weighted by molar-refractivity contribution is -0.121. The highest BCUT2D eigenvalue weighted by Crippen LogP contribution is 2.16. The van der Waals surface area contributed by atoms with Gasteiger partial charge in [-0.1, -0.05) is 12.1 Å². The zero-order valence-electron chi connectivity index (χ0n) is 8.53. The lowest BCUT2D eigenvalue weighted by Gasteiger charge is -2.09. The molecule has 1 rings (SSSR count). The Labute approximate surface area is 96.1 Å². The van der Waals surface area contributed by atoms with Crippen LogP contribution in [0.15, 0.2) is 29.2 Å². The number of sulfonamides is 1. The number of alkyl halides is 3. The Kier molecular flexibility index (Phi) is 4.12. The molecular formula is C9H10F3NO3S. The summed E-state index contributed by atoms with van der Waals surface area (Å²) >= 11 is 0. The van der Waals surface area contributed by atoms with Gasteiger partial charge in [-0.25, -0.2) is 13.1 Å². The fourth-order valence-electron chi connectivity index (χ4n) is 1.07. The maximum absolute atomic E-state index is 11.9. The Balaban J connectivity index is 2.89. The molecule has 0 saturated carbocycles. The average Bonchev–Trinajstić information content (AvgIpc) is 2.26. The van der Waals surface area contributed by atoms with Crippen molar-refractivity contribution in [3.63, 3.8) is 0 Å². The van der Waals surface area contributed by atoms with Crippen molar-refractivity contribution >= 4 is 10.0 Å². The number of hydrogen-bond donors (Lipinski definition) is 2. The summed E-state index contributed by atoms with van der Waals surface area (Å²) in [7, 11) is -4.21. The quantitative estimate of drug-likeness (QED) is 0.857. The molecule has 0 radical (unpaired) electrons. The Morgan fingerprint density at radius 3 is 2.47 bits per heavy atom. The number of hydrogen-bond acceptors (Lipinski definition) is 3. The summed E-state index contributed by atoms with van der Waals surface area (Å²) in [6, 6.07) is 5.06. The van der Waals surface area contributed by atoms with Gasteiger partial charge < -0.3 is 5.11 Å². The molecule has 0 bridgehead atoms. The average molecular weight is 269 g/mol. The summed E-state index contributed by atoms with van der Waals surface area (Å²) in [6.45, 7) is -2.01. The van der Waals surface area contributed by atoms with Gasteiger partial charge in [0.15, 0.2) is 0 Å². The molecule has 0 aromatic heterocycles. The van der Waals surface area contributed by atoms with E-state index < -0.39 is 22.7 Å². The van der Waals surface area contributed by atoms with Crippen LogP contribution in [0, 0.1) is 0 Å². The molecule has 0 saturated heterocycles. The maximum atomic E-state index is 11.9. The summed E-state index contributed by atoms with van der Waals surface area (Å²) in [6.07, 6.45) is -4.61. The fraction of sp³-hybridized carbons (Fsp3) is 0.333. The van der Waals surface area contributed by atoms with Crippen LogP contribution in [0.1, 0.15) is 5.56 Å². The van der Waals surface area contributed by atoms with Gasteiger partial charge in [0.2, 0.25) is 10.0 Å². The predicted octanol–water partition coefficient (Wildman–Crippen LogP) is 1.02. The number of halogens is 3. The second-order valence-corrected chi connectivity index (χ2v) is 5.01. The molecule has 0 unspecified atom stereocenters. The summed E-state index contributed by atoms with van der Waals surface area (Å²) in [5.41, 5.74) is 0.305. The van der Waals surface area contributed by atoms with Crippen molar-refractivity contribution in [3.05, 3.63) is 29.8 Å².